The van der Waals surface area contributed by atoms with Crippen molar-refractivity contribution in [2.24, 2.45) is 0 Å². The number of methoxy groups -OCH3 is 1. The fourth-order valence-electron chi connectivity index (χ4n) is 4.30. The third-order valence-electron chi connectivity index (χ3n) is 6.04. The first-order valence-electron chi connectivity index (χ1n) is 9.59. The Morgan fingerprint density at radius 3 is 2.37 bits per heavy atom. The number of hydrogen-bond donors (Lipinski definition) is 1. The average Bonchev–Trinajstić information content (AvgIpc) is 3.04. The first-order valence-corrected chi connectivity index (χ1v) is 9.59. The van der Waals surface area contributed by atoms with Gasteiger partial charge in [-0.3, -0.25) is 9.47 Å². The van der Waals surface area contributed by atoms with Crippen LogP contribution >= 0.6 is 0 Å². The molecule has 0 radical (unpaired) electrons. The molecular formula is C22H27N3O2. The van der Waals surface area contributed by atoms with Crippen molar-refractivity contribution in [2.45, 2.75) is 38.3 Å². The van der Waals surface area contributed by atoms with Crippen LogP contribution in [-0.2, 0) is 5.54 Å². The molecule has 0 bridgehead atoms. The zero-order chi connectivity index (χ0) is 19.0. The largest absolute Gasteiger partial charge is 0.497 e. The van der Waals surface area contributed by atoms with Crippen LogP contribution in [0.3, 0.4) is 0 Å². The molecule has 3 aromatic rings. The number of imidazole rings is 1. The maximum Gasteiger partial charge on any atom is 0.326 e. The number of aromatic nitrogens is 2. The van der Waals surface area contributed by atoms with Crippen LogP contribution in [0, 0.1) is 0 Å². The number of para-hydroxylation sites is 2. The Labute approximate surface area is 159 Å². The summed E-state index contributed by atoms with van der Waals surface area (Å²) in [4.78, 5) is 18.0. The van der Waals surface area contributed by atoms with Gasteiger partial charge in [0.05, 0.1) is 18.1 Å². The van der Waals surface area contributed by atoms with Gasteiger partial charge in [0.2, 0.25) is 0 Å². The molecule has 1 saturated heterocycles. The van der Waals surface area contributed by atoms with Gasteiger partial charge in [-0.1, -0.05) is 24.3 Å². The summed E-state index contributed by atoms with van der Waals surface area (Å²) in [5.41, 5.74) is 3.16. The van der Waals surface area contributed by atoms with Crippen molar-refractivity contribution in [3.63, 3.8) is 0 Å². The summed E-state index contributed by atoms with van der Waals surface area (Å²) in [7, 11) is 1.69. The highest BCUT2D eigenvalue weighted by atomic mass is 16.5. The quantitative estimate of drug-likeness (QED) is 0.763. The molecule has 0 amide bonds. The predicted octanol–water partition coefficient (Wildman–Crippen LogP) is 3.91. The lowest BCUT2D eigenvalue weighted by molar-refractivity contribution is 0.0755. The van der Waals surface area contributed by atoms with E-state index in [1.165, 1.54) is 5.56 Å². The fraction of sp³-hybridized carbons (Fsp3) is 0.409. The van der Waals surface area contributed by atoms with E-state index in [-0.39, 0.29) is 17.3 Å². The van der Waals surface area contributed by atoms with Gasteiger partial charge in [0.25, 0.3) is 0 Å². The highest BCUT2D eigenvalue weighted by molar-refractivity contribution is 5.75. The standard InChI is InChI=1S/C22H27N3O2/c1-22(2,16-8-10-18(27-3)11-9-16)24-14-12-17(13-15-24)25-20-7-5-4-6-19(20)23-21(25)26/h4-11,17H,12-15H2,1-3H3,(H,23,26). The van der Waals surface area contributed by atoms with Crippen LogP contribution in [0.25, 0.3) is 11.0 Å². The zero-order valence-corrected chi connectivity index (χ0v) is 16.2. The minimum absolute atomic E-state index is 0.00376. The molecule has 27 heavy (non-hydrogen) atoms. The molecule has 5 heteroatoms. The summed E-state index contributed by atoms with van der Waals surface area (Å²) >= 11 is 0. The molecule has 1 fully saturated rings. The van der Waals surface area contributed by atoms with Crippen LogP contribution in [0.15, 0.2) is 53.3 Å². The van der Waals surface area contributed by atoms with Gasteiger partial charge in [-0.2, -0.15) is 0 Å². The second-order valence-electron chi connectivity index (χ2n) is 7.82. The topological polar surface area (TPSA) is 50.3 Å². The number of nitrogens with one attached hydrogen (secondary N) is 1. The van der Waals surface area contributed by atoms with E-state index in [0.717, 1.165) is 42.7 Å². The van der Waals surface area contributed by atoms with Crippen molar-refractivity contribution in [3.8, 4) is 5.75 Å². The van der Waals surface area contributed by atoms with Gasteiger partial charge >= 0.3 is 5.69 Å². The van der Waals surface area contributed by atoms with Crippen LogP contribution in [0.2, 0.25) is 0 Å². The van der Waals surface area contributed by atoms with Gasteiger partial charge in [-0.05, 0) is 56.5 Å². The van der Waals surface area contributed by atoms with E-state index in [1.54, 1.807) is 7.11 Å². The van der Waals surface area contributed by atoms with Crippen molar-refractivity contribution < 1.29 is 4.74 Å². The van der Waals surface area contributed by atoms with Crippen molar-refractivity contribution in [2.75, 3.05) is 20.2 Å². The highest BCUT2D eigenvalue weighted by Gasteiger charge is 2.33. The predicted molar refractivity (Wildman–Crippen MR) is 108 cm³/mol. The van der Waals surface area contributed by atoms with Crippen molar-refractivity contribution in [1.29, 1.82) is 0 Å². The normalized spacial score (nSPS) is 16.7. The Morgan fingerprint density at radius 1 is 1.04 bits per heavy atom. The first-order chi connectivity index (χ1) is 13.0. The van der Waals surface area contributed by atoms with E-state index < -0.39 is 0 Å². The van der Waals surface area contributed by atoms with Crippen molar-refractivity contribution in [3.05, 3.63) is 64.6 Å². The molecular weight excluding hydrogens is 338 g/mol. The molecule has 2 heterocycles. The second kappa shape index (κ2) is 6.89. The van der Waals surface area contributed by atoms with Crippen molar-refractivity contribution in [1.82, 2.24) is 14.5 Å². The van der Waals surface area contributed by atoms with E-state index in [4.69, 9.17) is 4.74 Å². The van der Waals surface area contributed by atoms with Gasteiger partial charge in [0.1, 0.15) is 5.75 Å². The van der Waals surface area contributed by atoms with Crippen LogP contribution in [0.4, 0.5) is 0 Å². The number of fused-ring (bicyclic) bond motifs is 1. The molecule has 0 unspecified atom stereocenters. The summed E-state index contributed by atoms with van der Waals surface area (Å²) < 4.78 is 7.23. The lowest BCUT2D eigenvalue weighted by Crippen LogP contribution is -2.47. The van der Waals surface area contributed by atoms with Crippen molar-refractivity contribution >= 4 is 11.0 Å². The van der Waals surface area contributed by atoms with E-state index in [1.807, 2.05) is 41.0 Å². The zero-order valence-electron chi connectivity index (χ0n) is 16.2. The average molecular weight is 365 g/mol. The molecule has 1 N–H and O–H groups in total. The van der Waals surface area contributed by atoms with Crippen LogP contribution in [-0.4, -0.2) is 34.7 Å². The molecule has 1 aromatic heterocycles. The summed E-state index contributed by atoms with van der Waals surface area (Å²) in [6.45, 7) is 6.48. The molecule has 0 saturated carbocycles. The Kier molecular flexibility index (Phi) is 4.56. The molecule has 2 aromatic carbocycles. The number of nitrogens with zero attached hydrogens (tertiary/aromatic N) is 2. The lowest BCUT2D eigenvalue weighted by Gasteiger charge is -2.43. The number of H-pyrrole nitrogens is 1. The van der Waals surface area contributed by atoms with E-state index in [9.17, 15) is 4.79 Å². The molecule has 1 aliphatic rings. The monoisotopic (exact) mass is 365 g/mol. The van der Waals surface area contributed by atoms with Crippen LogP contribution in [0.1, 0.15) is 38.3 Å². The van der Waals surface area contributed by atoms with Gasteiger partial charge in [-0.15, -0.1) is 0 Å². The van der Waals surface area contributed by atoms with E-state index in [0.29, 0.717) is 0 Å². The number of hydrogen-bond acceptors (Lipinski definition) is 3. The Morgan fingerprint density at radius 2 is 1.70 bits per heavy atom. The molecule has 0 aliphatic carbocycles. The maximum atomic E-state index is 12.5. The van der Waals surface area contributed by atoms with Gasteiger partial charge in [0, 0.05) is 24.7 Å². The van der Waals surface area contributed by atoms with Gasteiger partial charge in [-0.25, -0.2) is 4.79 Å². The Balaban J connectivity index is 1.52. The van der Waals surface area contributed by atoms with Crippen LogP contribution < -0.4 is 10.4 Å². The first kappa shape index (κ1) is 17.9. The Hall–Kier alpha value is -2.53. The molecule has 0 atom stereocenters. The fourth-order valence-corrected chi connectivity index (χ4v) is 4.30. The van der Waals surface area contributed by atoms with Crippen LogP contribution in [0.5, 0.6) is 5.75 Å². The number of likely N-dealkylation sites (tertiary alicyclic amines) is 1. The summed E-state index contributed by atoms with van der Waals surface area (Å²) in [6, 6.07) is 16.5. The smallest absolute Gasteiger partial charge is 0.326 e. The molecule has 1 aliphatic heterocycles. The summed E-state index contributed by atoms with van der Waals surface area (Å²) in [6.07, 6.45) is 1.95. The molecule has 4 rings (SSSR count). The minimum Gasteiger partial charge on any atom is -0.497 e. The summed E-state index contributed by atoms with van der Waals surface area (Å²) in [5, 5.41) is 0. The number of rotatable bonds is 4. The number of piperidine rings is 1. The second-order valence-corrected chi connectivity index (χ2v) is 7.82. The van der Waals surface area contributed by atoms with Gasteiger partial charge < -0.3 is 9.72 Å². The minimum atomic E-state index is -0.0532. The van der Waals surface area contributed by atoms with E-state index >= 15 is 0 Å². The molecule has 142 valence electrons. The highest BCUT2D eigenvalue weighted by Crippen LogP contribution is 2.34. The molecule has 5 nitrogen and oxygen atoms in total. The lowest BCUT2D eigenvalue weighted by atomic mass is 9.89. The Bertz CT molecular complexity index is 977. The maximum absolute atomic E-state index is 12.5. The third-order valence-corrected chi connectivity index (χ3v) is 6.04. The molecule has 0 spiro atoms. The SMILES string of the molecule is COc1ccc(C(C)(C)N2CCC(n3c(=O)[nH]c4ccccc43)CC2)cc1. The summed E-state index contributed by atoms with van der Waals surface area (Å²) in [5.74, 6) is 0.881. The number of ether oxygens (including phenoxy) is 1. The van der Waals surface area contributed by atoms with E-state index in [2.05, 4.69) is 35.9 Å². The van der Waals surface area contributed by atoms with Gasteiger partial charge in [0.15, 0.2) is 0 Å². The third kappa shape index (κ3) is 3.16. The number of benzene rings is 2. The number of aromatic amines is 1.